The number of hydrogen-bond acceptors (Lipinski definition) is 2. The van der Waals surface area contributed by atoms with E-state index in [0.717, 1.165) is 18.8 Å². The Morgan fingerprint density at radius 1 is 1.40 bits per heavy atom. The molecule has 3 heteroatoms. The molecule has 1 aromatic rings. The highest BCUT2D eigenvalue weighted by molar-refractivity contribution is 5.01. The summed E-state index contributed by atoms with van der Waals surface area (Å²) in [5, 5.41) is 3.44. The maximum absolute atomic E-state index is 4.36. The second kappa shape index (κ2) is 5.31. The molecule has 0 aliphatic rings. The maximum Gasteiger partial charge on any atom is 0.106 e. The molecule has 0 atom stereocenters. The summed E-state index contributed by atoms with van der Waals surface area (Å²) in [6.07, 6.45) is 5.42. The summed E-state index contributed by atoms with van der Waals surface area (Å²) >= 11 is 0. The van der Waals surface area contributed by atoms with Gasteiger partial charge in [-0.05, 0) is 27.2 Å². The molecule has 86 valence electrons. The molecule has 3 nitrogen and oxygen atoms in total. The molecule has 0 unspecified atom stereocenters. The van der Waals surface area contributed by atoms with Crippen LogP contribution in [0.4, 0.5) is 0 Å². The number of rotatable bonds is 5. The third kappa shape index (κ3) is 4.98. The standard InChI is InChI=1S/C12H23N3/c1-5-6-7-11-13-8-10(15-11)9-14-12(2,3)4/h8,14H,5-7,9H2,1-4H3,(H,13,15). The Hall–Kier alpha value is -0.830. The minimum atomic E-state index is 0.161. The molecule has 0 radical (unpaired) electrons. The number of aromatic nitrogens is 2. The fourth-order valence-corrected chi connectivity index (χ4v) is 1.33. The average molecular weight is 209 g/mol. The lowest BCUT2D eigenvalue weighted by atomic mass is 10.1. The largest absolute Gasteiger partial charge is 0.345 e. The van der Waals surface area contributed by atoms with E-state index in [9.17, 15) is 0 Å². The first kappa shape index (κ1) is 12.2. The van der Waals surface area contributed by atoms with Crippen molar-refractivity contribution in [3.63, 3.8) is 0 Å². The van der Waals surface area contributed by atoms with Crippen molar-refractivity contribution >= 4 is 0 Å². The zero-order valence-corrected chi connectivity index (χ0v) is 10.4. The Labute approximate surface area is 92.7 Å². The minimum absolute atomic E-state index is 0.161. The van der Waals surface area contributed by atoms with Crippen molar-refractivity contribution in [1.82, 2.24) is 15.3 Å². The monoisotopic (exact) mass is 209 g/mol. The van der Waals surface area contributed by atoms with E-state index >= 15 is 0 Å². The molecule has 2 N–H and O–H groups in total. The van der Waals surface area contributed by atoms with Crippen LogP contribution in [0.1, 0.15) is 52.1 Å². The Morgan fingerprint density at radius 2 is 2.13 bits per heavy atom. The van der Waals surface area contributed by atoms with Crippen molar-refractivity contribution in [1.29, 1.82) is 0 Å². The quantitative estimate of drug-likeness (QED) is 0.782. The van der Waals surface area contributed by atoms with Gasteiger partial charge in [-0.3, -0.25) is 0 Å². The summed E-state index contributed by atoms with van der Waals surface area (Å²) in [5.41, 5.74) is 1.34. The summed E-state index contributed by atoms with van der Waals surface area (Å²) in [5.74, 6) is 1.11. The van der Waals surface area contributed by atoms with Gasteiger partial charge in [0.15, 0.2) is 0 Å². The topological polar surface area (TPSA) is 40.7 Å². The molecular formula is C12H23N3. The summed E-state index contributed by atoms with van der Waals surface area (Å²) in [4.78, 5) is 7.71. The number of H-pyrrole nitrogens is 1. The summed E-state index contributed by atoms with van der Waals surface area (Å²) in [6.45, 7) is 9.57. The van der Waals surface area contributed by atoms with Crippen LogP contribution in [0.3, 0.4) is 0 Å². The molecule has 0 fully saturated rings. The van der Waals surface area contributed by atoms with Crippen molar-refractivity contribution in [2.24, 2.45) is 0 Å². The first-order chi connectivity index (χ1) is 7.01. The van der Waals surface area contributed by atoms with E-state index in [1.54, 1.807) is 0 Å². The molecule has 1 rings (SSSR count). The van der Waals surface area contributed by atoms with Crippen LogP contribution >= 0.6 is 0 Å². The van der Waals surface area contributed by atoms with Gasteiger partial charge in [0.1, 0.15) is 5.82 Å². The SMILES string of the molecule is CCCCc1ncc(CNC(C)(C)C)[nH]1. The van der Waals surface area contributed by atoms with Crippen molar-refractivity contribution in [3.8, 4) is 0 Å². The van der Waals surface area contributed by atoms with Crippen molar-refractivity contribution in [3.05, 3.63) is 17.7 Å². The summed E-state index contributed by atoms with van der Waals surface area (Å²) in [6, 6.07) is 0. The normalized spacial score (nSPS) is 12.0. The molecule has 0 aliphatic carbocycles. The van der Waals surface area contributed by atoms with Gasteiger partial charge in [0.05, 0.1) is 0 Å². The van der Waals surface area contributed by atoms with Crippen molar-refractivity contribution in [2.75, 3.05) is 0 Å². The van der Waals surface area contributed by atoms with Crippen LogP contribution in [0.15, 0.2) is 6.20 Å². The van der Waals surface area contributed by atoms with Gasteiger partial charge in [0.2, 0.25) is 0 Å². The molecule has 1 aromatic heterocycles. The highest BCUT2D eigenvalue weighted by atomic mass is 15.0. The Bertz CT molecular complexity index is 283. The molecule has 1 heterocycles. The van der Waals surface area contributed by atoms with E-state index in [2.05, 4.69) is 43.0 Å². The number of nitrogens with one attached hydrogen (secondary N) is 2. The smallest absolute Gasteiger partial charge is 0.106 e. The third-order valence-electron chi connectivity index (χ3n) is 2.26. The van der Waals surface area contributed by atoms with E-state index in [4.69, 9.17) is 0 Å². The van der Waals surface area contributed by atoms with Crippen LogP contribution in [0.25, 0.3) is 0 Å². The number of aromatic amines is 1. The first-order valence-corrected chi connectivity index (χ1v) is 5.79. The molecule has 0 amide bonds. The molecule has 0 bridgehead atoms. The van der Waals surface area contributed by atoms with E-state index < -0.39 is 0 Å². The van der Waals surface area contributed by atoms with Crippen LogP contribution in [0.5, 0.6) is 0 Å². The van der Waals surface area contributed by atoms with E-state index in [-0.39, 0.29) is 5.54 Å². The molecule has 0 saturated heterocycles. The summed E-state index contributed by atoms with van der Waals surface area (Å²) < 4.78 is 0. The fourth-order valence-electron chi connectivity index (χ4n) is 1.33. The van der Waals surface area contributed by atoms with Gasteiger partial charge in [-0.1, -0.05) is 13.3 Å². The number of nitrogens with zero attached hydrogens (tertiary/aromatic N) is 1. The molecule has 15 heavy (non-hydrogen) atoms. The summed E-state index contributed by atoms with van der Waals surface area (Å²) in [7, 11) is 0. The minimum Gasteiger partial charge on any atom is -0.345 e. The predicted octanol–water partition coefficient (Wildman–Crippen LogP) is 2.64. The van der Waals surface area contributed by atoms with E-state index in [0.29, 0.717) is 0 Å². The average Bonchev–Trinajstić information content (AvgIpc) is 2.58. The molecule has 0 aliphatic heterocycles. The van der Waals surface area contributed by atoms with Crippen molar-refractivity contribution in [2.45, 2.75) is 59.0 Å². The van der Waals surface area contributed by atoms with Crippen LogP contribution in [0, 0.1) is 0 Å². The van der Waals surface area contributed by atoms with Gasteiger partial charge in [-0.15, -0.1) is 0 Å². The van der Waals surface area contributed by atoms with Crippen LogP contribution < -0.4 is 5.32 Å². The van der Waals surface area contributed by atoms with Crippen LogP contribution in [-0.2, 0) is 13.0 Å². The van der Waals surface area contributed by atoms with Crippen LogP contribution in [-0.4, -0.2) is 15.5 Å². The Morgan fingerprint density at radius 3 is 2.73 bits per heavy atom. The lowest BCUT2D eigenvalue weighted by Crippen LogP contribution is -2.35. The third-order valence-corrected chi connectivity index (χ3v) is 2.26. The lowest BCUT2D eigenvalue weighted by molar-refractivity contribution is 0.421. The molecule has 0 saturated carbocycles. The number of imidazole rings is 1. The van der Waals surface area contributed by atoms with Gasteiger partial charge in [0.25, 0.3) is 0 Å². The van der Waals surface area contributed by atoms with Crippen LogP contribution in [0.2, 0.25) is 0 Å². The van der Waals surface area contributed by atoms with Gasteiger partial charge in [0, 0.05) is 30.4 Å². The zero-order valence-electron chi connectivity index (χ0n) is 10.4. The lowest BCUT2D eigenvalue weighted by Gasteiger charge is -2.19. The number of hydrogen-bond donors (Lipinski definition) is 2. The molecule has 0 aromatic carbocycles. The van der Waals surface area contributed by atoms with E-state index in [1.165, 1.54) is 18.5 Å². The highest BCUT2D eigenvalue weighted by Gasteiger charge is 2.09. The van der Waals surface area contributed by atoms with Gasteiger partial charge >= 0.3 is 0 Å². The van der Waals surface area contributed by atoms with Gasteiger partial charge < -0.3 is 10.3 Å². The Balaban J connectivity index is 2.39. The van der Waals surface area contributed by atoms with Gasteiger partial charge in [-0.2, -0.15) is 0 Å². The zero-order chi connectivity index (χ0) is 11.3. The number of aryl methyl sites for hydroxylation is 1. The Kier molecular flexibility index (Phi) is 4.33. The molecular weight excluding hydrogens is 186 g/mol. The fraction of sp³-hybridized carbons (Fsp3) is 0.750. The predicted molar refractivity (Wildman–Crippen MR) is 63.8 cm³/mol. The first-order valence-electron chi connectivity index (χ1n) is 5.79. The van der Waals surface area contributed by atoms with E-state index in [1.807, 2.05) is 6.20 Å². The highest BCUT2D eigenvalue weighted by Crippen LogP contribution is 2.04. The maximum atomic E-state index is 4.36. The second-order valence-electron chi connectivity index (χ2n) is 5.06. The van der Waals surface area contributed by atoms with Crippen molar-refractivity contribution < 1.29 is 0 Å². The number of unbranched alkanes of at least 4 members (excludes halogenated alkanes) is 1. The van der Waals surface area contributed by atoms with Gasteiger partial charge in [-0.25, -0.2) is 4.98 Å². The molecule has 0 spiro atoms. The second-order valence-corrected chi connectivity index (χ2v) is 5.06.